The highest BCUT2D eigenvalue weighted by molar-refractivity contribution is 5.97. The van der Waals surface area contributed by atoms with Gasteiger partial charge in [0.25, 0.3) is 0 Å². The van der Waals surface area contributed by atoms with Gasteiger partial charge in [-0.1, -0.05) is 13.3 Å². The van der Waals surface area contributed by atoms with E-state index in [1.54, 1.807) is 0 Å². The maximum absolute atomic E-state index is 12.9. The van der Waals surface area contributed by atoms with Gasteiger partial charge in [-0.15, -0.1) is 0 Å². The number of piperidine rings is 1. The van der Waals surface area contributed by atoms with Crippen LogP contribution in [0.4, 0.5) is 4.79 Å². The molecule has 3 atom stereocenters. The molecule has 0 spiro atoms. The fourth-order valence-corrected chi connectivity index (χ4v) is 5.55. The first-order valence-corrected chi connectivity index (χ1v) is 11.4. The van der Waals surface area contributed by atoms with Crippen molar-refractivity contribution in [3.63, 3.8) is 0 Å². The predicted molar refractivity (Wildman–Crippen MR) is 120 cm³/mol. The summed E-state index contributed by atoms with van der Waals surface area (Å²) >= 11 is 0. The van der Waals surface area contributed by atoms with Crippen molar-refractivity contribution in [3.05, 3.63) is 29.3 Å². The lowest BCUT2D eigenvalue weighted by Crippen LogP contribution is -2.69. The lowest BCUT2D eigenvalue weighted by atomic mass is 9.56. The van der Waals surface area contributed by atoms with Crippen molar-refractivity contribution in [1.82, 2.24) is 10.2 Å². The molecule has 3 unspecified atom stereocenters. The molecule has 0 aromatic heterocycles. The van der Waals surface area contributed by atoms with Gasteiger partial charge in [-0.3, -0.25) is 19.8 Å². The van der Waals surface area contributed by atoms with Crippen LogP contribution in [-0.4, -0.2) is 57.6 Å². The number of likely N-dealkylation sites (tertiary alicyclic amines) is 1. The molecule has 1 aliphatic carbocycles. The van der Waals surface area contributed by atoms with Gasteiger partial charge in [-0.2, -0.15) is 0 Å². The van der Waals surface area contributed by atoms with Crippen molar-refractivity contribution in [3.8, 4) is 5.75 Å². The van der Waals surface area contributed by atoms with Crippen LogP contribution < -0.4 is 11.1 Å². The molecule has 1 saturated heterocycles. The molecule has 1 heterocycles. The van der Waals surface area contributed by atoms with Gasteiger partial charge in [-0.25, -0.2) is 4.79 Å². The van der Waals surface area contributed by atoms with E-state index < -0.39 is 23.0 Å². The summed E-state index contributed by atoms with van der Waals surface area (Å²) in [6.45, 7) is 6.87. The zero-order chi connectivity index (χ0) is 23.7. The molecular weight excluding hydrogens is 410 g/mol. The van der Waals surface area contributed by atoms with E-state index in [0.717, 1.165) is 6.54 Å². The van der Waals surface area contributed by atoms with E-state index in [0.29, 0.717) is 42.9 Å². The van der Waals surface area contributed by atoms with Gasteiger partial charge in [0.05, 0.1) is 5.60 Å². The number of Topliss-reactive ketones (excluding diaryl/α,β-unsaturated/α-hetero) is 1. The molecule has 1 aromatic carbocycles. The second-order valence-electron chi connectivity index (χ2n) is 9.50. The van der Waals surface area contributed by atoms with Crippen LogP contribution in [0.15, 0.2) is 18.2 Å². The average molecular weight is 446 g/mol. The molecule has 1 aromatic rings. The first-order valence-electron chi connectivity index (χ1n) is 11.4. The van der Waals surface area contributed by atoms with Gasteiger partial charge in [0.1, 0.15) is 5.75 Å². The number of nitrogens with two attached hydrogens (primary N) is 1. The van der Waals surface area contributed by atoms with Crippen LogP contribution in [0.5, 0.6) is 5.75 Å². The van der Waals surface area contributed by atoms with Crippen LogP contribution in [0.2, 0.25) is 0 Å². The number of rotatable bonds is 8. The Morgan fingerprint density at radius 2 is 1.97 bits per heavy atom. The van der Waals surface area contributed by atoms with E-state index in [-0.39, 0.29) is 24.0 Å². The first kappa shape index (κ1) is 24.2. The Hall–Kier alpha value is -2.45. The van der Waals surface area contributed by atoms with E-state index in [9.17, 15) is 24.6 Å². The lowest BCUT2D eigenvalue weighted by Gasteiger charge is -2.58. The van der Waals surface area contributed by atoms with E-state index in [2.05, 4.69) is 10.2 Å². The number of aromatic hydroxyl groups is 1. The van der Waals surface area contributed by atoms with E-state index in [4.69, 9.17) is 5.73 Å². The Labute approximate surface area is 189 Å². The second kappa shape index (κ2) is 9.19. The minimum atomic E-state index is -1.37. The number of phenolic OH excluding ortho intramolecular Hbond substituents is 1. The molecule has 176 valence electrons. The maximum atomic E-state index is 12.9. The Kier molecular flexibility index (Phi) is 6.95. The number of carbonyl (C=O) groups is 3. The van der Waals surface area contributed by atoms with Crippen LogP contribution in [0, 0.1) is 5.92 Å². The number of primary amides is 1. The van der Waals surface area contributed by atoms with E-state index in [1.165, 1.54) is 38.0 Å². The quantitative estimate of drug-likeness (QED) is 0.454. The van der Waals surface area contributed by atoms with Crippen LogP contribution in [-0.2, 0) is 10.2 Å². The SMILES string of the molecule is CCCC1(O)C(C)N(CC2CC2)CCC1(CC(=O)NC(N)=O)c1cc(O)ccc1C(C)=O. The highest BCUT2D eigenvalue weighted by Gasteiger charge is 2.59. The number of urea groups is 1. The predicted octanol–water partition coefficient (Wildman–Crippen LogP) is 2.45. The third-order valence-electron chi connectivity index (χ3n) is 7.34. The highest BCUT2D eigenvalue weighted by Crippen LogP contribution is 2.52. The Bertz CT molecular complexity index is 900. The molecule has 3 amide bonds. The van der Waals surface area contributed by atoms with Crippen molar-refractivity contribution in [2.24, 2.45) is 11.7 Å². The van der Waals surface area contributed by atoms with Crippen LogP contribution >= 0.6 is 0 Å². The smallest absolute Gasteiger partial charge is 0.318 e. The minimum absolute atomic E-state index is 0.0494. The van der Waals surface area contributed by atoms with Gasteiger partial charge >= 0.3 is 6.03 Å². The summed E-state index contributed by atoms with van der Waals surface area (Å²) in [5.74, 6) is -0.261. The van der Waals surface area contributed by atoms with E-state index >= 15 is 0 Å². The Balaban J connectivity index is 2.18. The van der Waals surface area contributed by atoms with Crippen molar-refractivity contribution in [1.29, 1.82) is 0 Å². The molecule has 0 radical (unpaired) electrons. The molecule has 3 rings (SSSR count). The zero-order valence-electron chi connectivity index (χ0n) is 19.2. The summed E-state index contributed by atoms with van der Waals surface area (Å²) in [5.41, 5.74) is 3.43. The number of amides is 3. The maximum Gasteiger partial charge on any atom is 0.318 e. The third kappa shape index (κ3) is 4.52. The van der Waals surface area contributed by atoms with Crippen LogP contribution in [0.25, 0.3) is 0 Å². The van der Waals surface area contributed by atoms with Crippen molar-refractivity contribution in [2.45, 2.75) is 76.4 Å². The summed E-state index contributed by atoms with van der Waals surface area (Å²) < 4.78 is 0. The molecule has 1 aliphatic heterocycles. The van der Waals surface area contributed by atoms with Crippen molar-refractivity contribution >= 4 is 17.7 Å². The Morgan fingerprint density at radius 3 is 2.53 bits per heavy atom. The average Bonchev–Trinajstić information content (AvgIpc) is 3.51. The zero-order valence-corrected chi connectivity index (χ0v) is 19.2. The van der Waals surface area contributed by atoms with Gasteiger partial charge < -0.3 is 15.9 Å². The molecule has 0 bridgehead atoms. The lowest BCUT2D eigenvalue weighted by molar-refractivity contribution is -0.151. The monoisotopic (exact) mass is 445 g/mol. The number of aliphatic hydroxyl groups is 1. The minimum Gasteiger partial charge on any atom is -0.508 e. The summed E-state index contributed by atoms with van der Waals surface area (Å²) in [5, 5.41) is 24.8. The number of carbonyl (C=O) groups excluding carboxylic acids is 3. The molecule has 8 nitrogen and oxygen atoms in total. The third-order valence-corrected chi connectivity index (χ3v) is 7.34. The Morgan fingerprint density at radius 1 is 1.28 bits per heavy atom. The topological polar surface area (TPSA) is 133 Å². The number of benzene rings is 1. The molecule has 2 fully saturated rings. The number of hydrogen-bond donors (Lipinski definition) is 4. The van der Waals surface area contributed by atoms with Crippen molar-refractivity contribution in [2.75, 3.05) is 13.1 Å². The van der Waals surface area contributed by atoms with Gasteiger partial charge in [0.2, 0.25) is 5.91 Å². The summed E-state index contributed by atoms with van der Waals surface area (Å²) in [6.07, 6.45) is 3.59. The number of phenols is 1. The first-order chi connectivity index (χ1) is 15.0. The number of nitrogens with one attached hydrogen (secondary N) is 1. The fourth-order valence-electron chi connectivity index (χ4n) is 5.55. The van der Waals surface area contributed by atoms with Crippen LogP contribution in [0.3, 0.4) is 0 Å². The number of hydrogen-bond acceptors (Lipinski definition) is 6. The van der Waals surface area contributed by atoms with Gasteiger partial charge in [0.15, 0.2) is 5.78 Å². The molecule has 5 N–H and O–H groups in total. The van der Waals surface area contributed by atoms with Gasteiger partial charge in [0, 0.05) is 30.0 Å². The normalized spacial score (nSPS) is 28.3. The summed E-state index contributed by atoms with van der Waals surface area (Å²) in [6, 6.07) is 3.19. The van der Waals surface area contributed by atoms with Gasteiger partial charge in [-0.05, 0) is 75.8 Å². The molecule has 2 aliphatic rings. The van der Waals surface area contributed by atoms with E-state index in [1.807, 2.05) is 13.8 Å². The molecule has 32 heavy (non-hydrogen) atoms. The fraction of sp³-hybridized carbons (Fsp3) is 0.625. The number of ketones is 1. The van der Waals surface area contributed by atoms with Crippen LogP contribution in [0.1, 0.15) is 75.2 Å². The molecule has 8 heteroatoms. The van der Waals surface area contributed by atoms with Crippen molar-refractivity contribution < 1.29 is 24.6 Å². The largest absolute Gasteiger partial charge is 0.508 e. The molecule has 1 saturated carbocycles. The number of imide groups is 1. The highest BCUT2D eigenvalue weighted by atomic mass is 16.3. The molecular formula is C24H35N3O5. The second-order valence-corrected chi connectivity index (χ2v) is 9.50. The summed E-state index contributed by atoms with van der Waals surface area (Å²) in [4.78, 5) is 39.0. The number of nitrogens with zero attached hydrogens (tertiary/aromatic N) is 1. The summed E-state index contributed by atoms with van der Waals surface area (Å²) in [7, 11) is 0. The standard InChI is InChI=1S/C24H35N3O5/c1-4-9-24(32)16(3)27(14-17-5-6-17)11-10-23(24,13-21(30)26-22(25)31)20-12-18(29)7-8-19(20)15(2)28/h7-8,12,16-17,29,32H,4-6,9-11,13-14H2,1-3H3,(H3,25,26,30,31).